The Bertz CT molecular complexity index is 411. The molecule has 0 radical (unpaired) electrons. The zero-order chi connectivity index (χ0) is 13.0. The normalized spacial score (nSPS) is 10.9. The van der Waals surface area contributed by atoms with E-state index in [1.165, 1.54) is 0 Å². The van der Waals surface area contributed by atoms with Crippen LogP contribution in [-0.2, 0) is 12.8 Å². The minimum atomic E-state index is -0.876. The van der Waals surface area contributed by atoms with E-state index in [9.17, 15) is 9.90 Å². The topological polar surface area (TPSA) is 50.2 Å². The number of rotatable bonds is 5. The van der Waals surface area contributed by atoms with Gasteiger partial charge in [-0.25, -0.2) is 4.79 Å². The van der Waals surface area contributed by atoms with Crippen molar-refractivity contribution >= 4 is 5.97 Å². The minimum Gasteiger partial charge on any atom is -0.478 e. The van der Waals surface area contributed by atoms with Gasteiger partial charge in [-0.15, -0.1) is 0 Å². The van der Waals surface area contributed by atoms with Crippen LogP contribution in [0.4, 0.5) is 0 Å². The van der Waals surface area contributed by atoms with E-state index in [1.807, 2.05) is 20.8 Å². The summed E-state index contributed by atoms with van der Waals surface area (Å²) >= 11 is 0. The fourth-order valence-corrected chi connectivity index (χ4v) is 1.98. The molecule has 1 rings (SSSR count). The van der Waals surface area contributed by atoms with Gasteiger partial charge in [-0.05, 0) is 30.4 Å². The number of nitrogens with zero attached hydrogens (tertiary/aromatic N) is 1. The maximum Gasteiger partial charge on any atom is 0.337 e. The summed E-state index contributed by atoms with van der Waals surface area (Å²) in [5, 5.41) is 9.22. The highest BCUT2D eigenvalue weighted by Gasteiger charge is 2.17. The molecule has 0 aliphatic carbocycles. The van der Waals surface area contributed by atoms with Crippen LogP contribution in [0.25, 0.3) is 0 Å². The Labute approximate surface area is 103 Å². The predicted molar refractivity (Wildman–Crippen MR) is 68.7 cm³/mol. The quantitative estimate of drug-likeness (QED) is 0.850. The molecule has 1 N–H and O–H groups in total. The number of carboxylic acids is 1. The van der Waals surface area contributed by atoms with Crippen molar-refractivity contribution < 1.29 is 9.90 Å². The van der Waals surface area contributed by atoms with Crippen molar-refractivity contribution in [2.24, 2.45) is 0 Å². The fraction of sp³-hybridized carbons (Fsp3) is 0.571. The largest absolute Gasteiger partial charge is 0.478 e. The molecular formula is C14H21NO2. The van der Waals surface area contributed by atoms with Gasteiger partial charge in [0.05, 0.1) is 11.3 Å². The van der Waals surface area contributed by atoms with Crippen molar-refractivity contribution in [3.63, 3.8) is 0 Å². The Kier molecular flexibility index (Phi) is 4.67. The first-order valence-corrected chi connectivity index (χ1v) is 6.27. The number of hydrogen-bond acceptors (Lipinski definition) is 2. The highest BCUT2D eigenvalue weighted by molar-refractivity contribution is 5.89. The molecule has 0 saturated carbocycles. The predicted octanol–water partition coefficient (Wildman–Crippen LogP) is 3.42. The SMILES string of the molecule is CCCc1nc(C(C)C)c(C(=O)O)cc1CC. The van der Waals surface area contributed by atoms with E-state index in [0.717, 1.165) is 30.5 Å². The van der Waals surface area contributed by atoms with Crippen LogP contribution in [0.1, 0.15) is 67.3 Å². The lowest BCUT2D eigenvalue weighted by atomic mass is 9.98. The lowest BCUT2D eigenvalue weighted by Crippen LogP contribution is -2.11. The van der Waals surface area contributed by atoms with Gasteiger partial charge in [-0.3, -0.25) is 4.98 Å². The van der Waals surface area contributed by atoms with E-state index in [-0.39, 0.29) is 5.92 Å². The lowest BCUT2D eigenvalue weighted by Gasteiger charge is -2.14. The van der Waals surface area contributed by atoms with Crippen LogP contribution in [-0.4, -0.2) is 16.1 Å². The third-order valence-electron chi connectivity index (χ3n) is 2.87. The van der Waals surface area contributed by atoms with Gasteiger partial charge >= 0.3 is 5.97 Å². The second kappa shape index (κ2) is 5.80. The second-order valence-corrected chi connectivity index (χ2v) is 4.59. The molecule has 0 aliphatic rings. The Hall–Kier alpha value is -1.38. The van der Waals surface area contributed by atoms with Gasteiger partial charge in [0.25, 0.3) is 0 Å². The molecule has 3 heteroatoms. The van der Waals surface area contributed by atoms with Crippen LogP contribution >= 0.6 is 0 Å². The number of carbonyl (C=O) groups is 1. The van der Waals surface area contributed by atoms with Gasteiger partial charge in [0, 0.05) is 5.69 Å². The molecule has 0 fully saturated rings. The van der Waals surface area contributed by atoms with Crippen LogP contribution in [0.5, 0.6) is 0 Å². The summed E-state index contributed by atoms with van der Waals surface area (Å²) in [5.74, 6) is -0.735. The van der Waals surface area contributed by atoms with E-state index in [1.54, 1.807) is 6.07 Å². The highest BCUT2D eigenvalue weighted by Crippen LogP contribution is 2.22. The standard InChI is InChI=1S/C14H21NO2/c1-5-7-12-10(6-2)8-11(14(16)17)13(15-12)9(3)4/h8-9H,5-7H2,1-4H3,(H,16,17). The van der Waals surface area contributed by atoms with Gasteiger partial charge < -0.3 is 5.11 Å². The summed E-state index contributed by atoms with van der Waals surface area (Å²) < 4.78 is 0. The monoisotopic (exact) mass is 235 g/mol. The molecule has 3 nitrogen and oxygen atoms in total. The van der Waals surface area contributed by atoms with Crippen LogP contribution < -0.4 is 0 Å². The van der Waals surface area contributed by atoms with Gasteiger partial charge in [-0.1, -0.05) is 34.1 Å². The Balaban J connectivity index is 3.36. The number of aryl methyl sites for hydroxylation is 2. The van der Waals surface area contributed by atoms with Crippen molar-refractivity contribution in [2.45, 2.75) is 52.9 Å². The maximum absolute atomic E-state index is 11.2. The molecule has 1 aromatic rings. The van der Waals surface area contributed by atoms with Gasteiger partial charge in [0.2, 0.25) is 0 Å². The summed E-state index contributed by atoms with van der Waals surface area (Å²) in [6, 6.07) is 1.80. The van der Waals surface area contributed by atoms with Crippen molar-refractivity contribution in [3.8, 4) is 0 Å². The highest BCUT2D eigenvalue weighted by atomic mass is 16.4. The zero-order valence-electron chi connectivity index (χ0n) is 11.1. The summed E-state index contributed by atoms with van der Waals surface area (Å²) in [6.45, 7) is 8.12. The molecule has 0 spiro atoms. The molecule has 17 heavy (non-hydrogen) atoms. The molecule has 94 valence electrons. The number of carboxylic acid groups (broad SMARTS) is 1. The molecule has 0 saturated heterocycles. The van der Waals surface area contributed by atoms with E-state index in [4.69, 9.17) is 0 Å². The first-order valence-electron chi connectivity index (χ1n) is 6.27. The number of aromatic nitrogens is 1. The molecule has 0 amide bonds. The van der Waals surface area contributed by atoms with Crippen LogP contribution in [0.15, 0.2) is 6.07 Å². The summed E-state index contributed by atoms with van der Waals surface area (Å²) in [6.07, 6.45) is 2.79. The molecule has 1 aromatic heterocycles. The third kappa shape index (κ3) is 3.05. The lowest BCUT2D eigenvalue weighted by molar-refractivity contribution is 0.0694. The zero-order valence-corrected chi connectivity index (χ0v) is 11.1. The summed E-state index contributed by atoms with van der Waals surface area (Å²) in [5.41, 5.74) is 3.19. The Morgan fingerprint density at radius 2 is 2.06 bits per heavy atom. The van der Waals surface area contributed by atoms with E-state index < -0.39 is 5.97 Å². The van der Waals surface area contributed by atoms with Crippen LogP contribution in [0.3, 0.4) is 0 Å². The maximum atomic E-state index is 11.2. The van der Waals surface area contributed by atoms with Gasteiger partial charge in [-0.2, -0.15) is 0 Å². The molecule has 0 aromatic carbocycles. The Morgan fingerprint density at radius 1 is 1.41 bits per heavy atom. The first-order chi connectivity index (χ1) is 8.01. The average molecular weight is 235 g/mol. The van der Waals surface area contributed by atoms with Crippen LogP contribution in [0.2, 0.25) is 0 Å². The molecule has 1 heterocycles. The molecular weight excluding hydrogens is 214 g/mol. The molecule has 0 bridgehead atoms. The van der Waals surface area contributed by atoms with E-state index in [0.29, 0.717) is 11.3 Å². The molecule has 0 atom stereocenters. The number of hydrogen-bond donors (Lipinski definition) is 1. The summed E-state index contributed by atoms with van der Waals surface area (Å²) in [7, 11) is 0. The second-order valence-electron chi connectivity index (χ2n) is 4.59. The fourth-order valence-electron chi connectivity index (χ4n) is 1.98. The van der Waals surface area contributed by atoms with Crippen molar-refractivity contribution in [3.05, 3.63) is 28.6 Å². The van der Waals surface area contributed by atoms with Gasteiger partial charge in [0.1, 0.15) is 0 Å². The van der Waals surface area contributed by atoms with Crippen molar-refractivity contribution in [1.29, 1.82) is 0 Å². The summed E-state index contributed by atoms with van der Waals surface area (Å²) in [4.78, 5) is 15.8. The first kappa shape index (κ1) is 13.7. The third-order valence-corrected chi connectivity index (χ3v) is 2.87. The minimum absolute atomic E-state index is 0.141. The van der Waals surface area contributed by atoms with E-state index in [2.05, 4.69) is 11.9 Å². The number of pyridine rings is 1. The molecule has 0 unspecified atom stereocenters. The van der Waals surface area contributed by atoms with E-state index >= 15 is 0 Å². The van der Waals surface area contributed by atoms with Crippen molar-refractivity contribution in [1.82, 2.24) is 4.98 Å². The Morgan fingerprint density at radius 3 is 2.47 bits per heavy atom. The van der Waals surface area contributed by atoms with Crippen molar-refractivity contribution in [2.75, 3.05) is 0 Å². The smallest absolute Gasteiger partial charge is 0.337 e. The molecule has 0 aliphatic heterocycles. The number of aromatic carboxylic acids is 1. The van der Waals surface area contributed by atoms with Gasteiger partial charge in [0.15, 0.2) is 0 Å². The van der Waals surface area contributed by atoms with Crippen LogP contribution in [0, 0.1) is 0 Å². The average Bonchev–Trinajstić information content (AvgIpc) is 2.28.